The van der Waals surface area contributed by atoms with Crippen LogP contribution < -0.4 is 5.32 Å². The predicted octanol–water partition coefficient (Wildman–Crippen LogP) is 2.99. The maximum Gasteiger partial charge on any atom is 0.251 e. The van der Waals surface area contributed by atoms with Crippen LogP contribution in [0, 0.1) is 0 Å². The largest absolute Gasteiger partial charge is 0.349 e. The molecule has 0 spiro atoms. The first-order chi connectivity index (χ1) is 12.0. The lowest BCUT2D eigenvalue weighted by molar-refractivity contribution is 0.0696. The number of amides is 1. The molecular weight excluding hydrogens is 324 g/mol. The normalized spacial score (nSPS) is 16.6. The van der Waals surface area contributed by atoms with Crippen LogP contribution in [0.4, 0.5) is 8.78 Å². The van der Waals surface area contributed by atoms with E-state index in [1.165, 1.54) is 5.56 Å². The number of piperidine rings is 1. The molecule has 0 radical (unpaired) electrons. The Morgan fingerprint density at radius 3 is 2.32 bits per heavy atom. The Morgan fingerprint density at radius 1 is 1.20 bits per heavy atom. The van der Waals surface area contributed by atoms with Crippen molar-refractivity contribution in [1.82, 2.24) is 15.1 Å². The number of hydrogen-bond acceptors (Lipinski definition) is 3. The van der Waals surface area contributed by atoms with E-state index < -0.39 is 6.43 Å². The molecule has 1 heterocycles. The molecule has 1 amide bonds. The fourth-order valence-corrected chi connectivity index (χ4v) is 3.19. The van der Waals surface area contributed by atoms with E-state index in [0.29, 0.717) is 18.7 Å². The molecule has 1 aliphatic heterocycles. The molecule has 0 aromatic heterocycles. The van der Waals surface area contributed by atoms with Crippen molar-refractivity contribution in [2.24, 2.45) is 0 Å². The van der Waals surface area contributed by atoms with Gasteiger partial charge in [0.1, 0.15) is 0 Å². The Bertz CT molecular complexity index is 524. The van der Waals surface area contributed by atoms with Gasteiger partial charge in [0.15, 0.2) is 0 Å². The quantitative estimate of drug-likeness (QED) is 0.780. The number of benzene rings is 1. The van der Waals surface area contributed by atoms with Gasteiger partial charge in [-0.1, -0.05) is 26.0 Å². The maximum atomic E-state index is 12.4. The minimum atomic E-state index is -2.29. The van der Waals surface area contributed by atoms with Crippen molar-refractivity contribution in [3.8, 4) is 0 Å². The van der Waals surface area contributed by atoms with E-state index in [0.717, 1.165) is 32.5 Å². The van der Waals surface area contributed by atoms with E-state index in [1.54, 1.807) is 4.90 Å². The van der Waals surface area contributed by atoms with Gasteiger partial charge in [0, 0.05) is 31.2 Å². The zero-order valence-electron chi connectivity index (χ0n) is 15.2. The predicted molar refractivity (Wildman–Crippen MR) is 96.0 cm³/mol. The van der Waals surface area contributed by atoms with Crippen molar-refractivity contribution in [2.45, 2.75) is 45.7 Å². The number of nitrogens with zero attached hydrogens (tertiary/aromatic N) is 2. The molecule has 0 bridgehead atoms. The van der Waals surface area contributed by atoms with E-state index >= 15 is 0 Å². The zero-order valence-corrected chi connectivity index (χ0v) is 15.2. The fourth-order valence-electron chi connectivity index (χ4n) is 3.19. The lowest BCUT2D eigenvalue weighted by Crippen LogP contribution is -2.45. The summed E-state index contributed by atoms with van der Waals surface area (Å²) in [7, 11) is 0. The van der Waals surface area contributed by atoms with Crippen LogP contribution in [-0.4, -0.2) is 60.9 Å². The van der Waals surface area contributed by atoms with Gasteiger partial charge >= 0.3 is 0 Å². The van der Waals surface area contributed by atoms with Crippen LogP contribution in [-0.2, 0) is 6.54 Å². The van der Waals surface area contributed by atoms with E-state index in [4.69, 9.17) is 0 Å². The Labute approximate surface area is 149 Å². The molecule has 1 saturated heterocycles. The molecule has 1 aromatic carbocycles. The van der Waals surface area contributed by atoms with Crippen molar-refractivity contribution in [3.63, 3.8) is 0 Å². The monoisotopic (exact) mass is 353 g/mol. The summed E-state index contributed by atoms with van der Waals surface area (Å²) in [5.41, 5.74) is 1.85. The molecule has 1 aromatic rings. The molecule has 2 rings (SSSR count). The third-order valence-electron chi connectivity index (χ3n) is 4.84. The summed E-state index contributed by atoms with van der Waals surface area (Å²) in [6.45, 7) is 8.21. The smallest absolute Gasteiger partial charge is 0.251 e. The van der Waals surface area contributed by atoms with Gasteiger partial charge in [-0.3, -0.25) is 14.6 Å². The molecule has 0 unspecified atom stereocenters. The van der Waals surface area contributed by atoms with Gasteiger partial charge in [-0.05, 0) is 43.6 Å². The van der Waals surface area contributed by atoms with E-state index in [2.05, 4.69) is 24.1 Å². The molecular formula is C19H29F2N3O. The molecule has 6 heteroatoms. The van der Waals surface area contributed by atoms with Gasteiger partial charge in [-0.15, -0.1) is 0 Å². The number of carbonyl (C=O) groups excluding carboxylic acids is 1. The van der Waals surface area contributed by atoms with Gasteiger partial charge in [0.05, 0.1) is 6.54 Å². The summed E-state index contributed by atoms with van der Waals surface area (Å²) in [4.78, 5) is 16.4. The van der Waals surface area contributed by atoms with Gasteiger partial charge in [-0.25, -0.2) is 8.78 Å². The number of nitrogens with one attached hydrogen (secondary N) is 1. The first-order valence-corrected chi connectivity index (χ1v) is 9.14. The SMILES string of the molecule is CCN(CC)Cc1ccc(C(=O)NC2CCN(CC(F)F)CC2)cc1. The summed E-state index contributed by atoms with van der Waals surface area (Å²) < 4.78 is 24.8. The van der Waals surface area contributed by atoms with E-state index in [-0.39, 0.29) is 18.5 Å². The van der Waals surface area contributed by atoms with Crippen LogP contribution in [0.3, 0.4) is 0 Å². The van der Waals surface area contributed by atoms with Gasteiger partial charge in [0.25, 0.3) is 12.3 Å². The Morgan fingerprint density at radius 2 is 1.80 bits per heavy atom. The third-order valence-corrected chi connectivity index (χ3v) is 4.84. The number of hydrogen-bond donors (Lipinski definition) is 1. The molecule has 0 atom stereocenters. The van der Waals surface area contributed by atoms with Gasteiger partial charge < -0.3 is 5.32 Å². The first-order valence-electron chi connectivity index (χ1n) is 9.14. The highest BCUT2D eigenvalue weighted by Gasteiger charge is 2.22. The van der Waals surface area contributed by atoms with Crippen LogP contribution in [0.15, 0.2) is 24.3 Å². The Kier molecular flexibility index (Phi) is 7.78. The summed E-state index contributed by atoms with van der Waals surface area (Å²) in [5.74, 6) is -0.0818. The zero-order chi connectivity index (χ0) is 18.2. The highest BCUT2D eigenvalue weighted by Crippen LogP contribution is 2.13. The number of likely N-dealkylation sites (tertiary alicyclic amines) is 1. The molecule has 25 heavy (non-hydrogen) atoms. The minimum absolute atomic E-state index is 0.0665. The average Bonchev–Trinajstić information content (AvgIpc) is 2.61. The fraction of sp³-hybridized carbons (Fsp3) is 0.632. The number of alkyl halides is 2. The van der Waals surface area contributed by atoms with Crippen LogP contribution in [0.2, 0.25) is 0 Å². The molecule has 1 fully saturated rings. The maximum absolute atomic E-state index is 12.4. The van der Waals surface area contributed by atoms with Crippen molar-refractivity contribution >= 4 is 5.91 Å². The second-order valence-electron chi connectivity index (χ2n) is 6.60. The summed E-state index contributed by atoms with van der Waals surface area (Å²) in [6, 6.07) is 7.79. The van der Waals surface area contributed by atoms with E-state index in [9.17, 15) is 13.6 Å². The van der Waals surface area contributed by atoms with Gasteiger partial charge in [-0.2, -0.15) is 0 Å². The van der Waals surface area contributed by atoms with Crippen LogP contribution in [0.25, 0.3) is 0 Å². The number of halogens is 2. The first kappa shape index (κ1) is 19.8. The average molecular weight is 353 g/mol. The van der Waals surface area contributed by atoms with Crippen LogP contribution >= 0.6 is 0 Å². The van der Waals surface area contributed by atoms with Crippen molar-refractivity contribution < 1.29 is 13.6 Å². The molecule has 4 nitrogen and oxygen atoms in total. The van der Waals surface area contributed by atoms with Gasteiger partial charge in [0.2, 0.25) is 0 Å². The summed E-state index contributed by atoms with van der Waals surface area (Å²) in [6.07, 6.45) is -0.849. The molecule has 0 saturated carbocycles. The summed E-state index contributed by atoms with van der Waals surface area (Å²) in [5, 5.41) is 3.03. The number of rotatable bonds is 8. The highest BCUT2D eigenvalue weighted by atomic mass is 19.3. The van der Waals surface area contributed by atoms with Crippen molar-refractivity contribution in [3.05, 3.63) is 35.4 Å². The minimum Gasteiger partial charge on any atom is -0.349 e. The second kappa shape index (κ2) is 9.82. The van der Waals surface area contributed by atoms with Crippen LogP contribution in [0.1, 0.15) is 42.6 Å². The summed E-state index contributed by atoms with van der Waals surface area (Å²) >= 11 is 0. The lowest BCUT2D eigenvalue weighted by atomic mass is 10.0. The standard InChI is InChI=1S/C19H29F2N3O/c1-3-23(4-2)13-15-5-7-16(8-6-15)19(25)22-17-9-11-24(12-10-17)14-18(20)21/h5-8,17-18H,3-4,9-14H2,1-2H3,(H,22,25). The lowest BCUT2D eigenvalue weighted by Gasteiger charge is -2.32. The molecule has 0 aliphatic carbocycles. The Balaban J connectivity index is 1.81. The van der Waals surface area contributed by atoms with Crippen molar-refractivity contribution in [1.29, 1.82) is 0 Å². The molecule has 140 valence electrons. The third kappa shape index (κ3) is 6.36. The van der Waals surface area contributed by atoms with E-state index in [1.807, 2.05) is 24.3 Å². The Hall–Kier alpha value is -1.53. The number of carbonyl (C=O) groups is 1. The van der Waals surface area contributed by atoms with Crippen LogP contribution in [0.5, 0.6) is 0 Å². The topological polar surface area (TPSA) is 35.6 Å². The second-order valence-corrected chi connectivity index (χ2v) is 6.60. The van der Waals surface area contributed by atoms with Crippen molar-refractivity contribution in [2.75, 3.05) is 32.7 Å². The molecule has 1 aliphatic rings. The highest BCUT2D eigenvalue weighted by molar-refractivity contribution is 5.94. The molecule has 1 N–H and O–H groups in total.